The molecule has 1 unspecified atom stereocenters. The van der Waals surface area contributed by atoms with Crippen LogP contribution in [0.2, 0.25) is 0 Å². The number of hydrogen-bond acceptors (Lipinski definition) is 5. The normalized spacial score (nSPS) is 26.1. The summed E-state index contributed by atoms with van der Waals surface area (Å²) in [6, 6.07) is 6.19. The Labute approximate surface area is 167 Å². The Morgan fingerprint density at radius 2 is 1.96 bits per heavy atom. The molecule has 28 heavy (non-hydrogen) atoms. The van der Waals surface area contributed by atoms with Crippen molar-refractivity contribution in [3.8, 4) is 11.5 Å². The highest BCUT2D eigenvalue weighted by Crippen LogP contribution is 2.37. The third-order valence-electron chi connectivity index (χ3n) is 6.59. The molecule has 2 saturated heterocycles. The number of likely N-dealkylation sites (tertiary alicyclic amines) is 2. The summed E-state index contributed by atoms with van der Waals surface area (Å²) in [5.41, 5.74) is 1.33. The number of piperidine rings is 2. The van der Waals surface area contributed by atoms with Crippen LogP contribution < -0.4 is 9.47 Å². The number of hydrogen-bond donors (Lipinski definition) is 1. The fraction of sp³-hybridized carbons (Fsp3) is 0.682. The van der Waals surface area contributed by atoms with Crippen molar-refractivity contribution in [2.24, 2.45) is 11.3 Å². The van der Waals surface area contributed by atoms with E-state index < -0.39 is 0 Å². The summed E-state index contributed by atoms with van der Waals surface area (Å²) < 4.78 is 10.9. The number of nitrogens with zero attached hydrogens (tertiary/aromatic N) is 2. The van der Waals surface area contributed by atoms with Gasteiger partial charge in [0, 0.05) is 32.7 Å². The van der Waals surface area contributed by atoms with Crippen LogP contribution >= 0.6 is 0 Å². The lowest BCUT2D eigenvalue weighted by Crippen LogP contribution is -2.49. The second kappa shape index (κ2) is 8.29. The summed E-state index contributed by atoms with van der Waals surface area (Å²) in [7, 11) is 0. The van der Waals surface area contributed by atoms with E-state index in [4.69, 9.17) is 9.47 Å². The third kappa shape index (κ3) is 4.44. The molecule has 2 fully saturated rings. The Hall–Kier alpha value is -1.79. The van der Waals surface area contributed by atoms with Crippen LogP contribution in [0.15, 0.2) is 18.2 Å². The van der Waals surface area contributed by atoms with Crippen molar-refractivity contribution in [1.82, 2.24) is 9.80 Å². The molecule has 1 N–H and O–H groups in total. The van der Waals surface area contributed by atoms with Gasteiger partial charge in [0.2, 0.25) is 12.7 Å². The maximum atomic E-state index is 12.5. The lowest BCUT2D eigenvalue weighted by atomic mass is 9.76. The van der Waals surface area contributed by atoms with E-state index in [0.29, 0.717) is 25.7 Å². The van der Waals surface area contributed by atoms with Gasteiger partial charge in [-0.25, -0.2) is 0 Å². The molecule has 0 spiro atoms. The molecule has 0 aliphatic carbocycles. The maximum absolute atomic E-state index is 12.5. The summed E-state index contributed by atoms with van der Waals surface area (Å²) in [6.07, 6.45) is 4.63. The average Bonchev–Trinajstić information content (AvgIpc) is 3.17. The van der Waals surface area contributed by atoms with E-state index >= 15 is 0 Å². The van der Waals surface area contributed by atoms with Crippen molar-refractivity contribution in [3.63, 3.8) is 0 Å². The molecule has 0 bridgehead atoms. The molecule has 3 heterocycles. The highest BCUT2D eigenvalue weighted by molar-refractivity contribution is 5.77. The monoisotopic (exact) mass is 388 g/mol. The number of ether oxygens (including phenoxy) is 2. The first-order valence-corrected chi connectivity index (χ1v) is 10.5. The first-order valence-electron chi connectivity index (χ1n) is 10.5. The topological polar surface area (TPSA) is 62.2 Å². The Morgan fingerprint density at radius 3 is 2.75 bits per heavy atom. The lowest BCUT2D eigenvalue weighted by Gasteiger charge is -2.41. The Kier molecular flexibility index (Phi) is 5.78. The molecule has 6 heteroatoms. The number of aliphatic hydroxyl groups is 1. The molecule has 1 atom stereocenters. The van der Waals surface area contributed by atoms with Gasteiger partial charge in [-0.05, 0) is 67.8 Å². The number of carbonyl (C=O) groups is 1. The van der Waals surface area contributed by atoms with Crippen LogP contribution in [0.1, 0.15) is 38.2 Å². The molecule has 0 saturated carbocycles. The minimum Gasteiger partial charge on any atom is -0.454 e. The number of rotatable bonds is 6. The zero-order chi connectivity index (χ0) is 19.6. The summed E-state index contributed by atoms with van der Waals surface area (Å²) >= 11 is 0. The molecule has 1 amide bonds. The fourth-order valence-electron chi connectivity index (χ4n) is 4.74. The van der Waals surface area contributed by atoms with Crippen LogP contribution in [0.25, 0.3) is 0 Å². The predicted octanol–water partition coefficient (Wildman–Crippen LogP) is 2.29. The van der Waals surface area contributed by atoms with E-state index in [1.54, 1.807) is 0 Å². The second-order valence-corrected chi connectivity index (χ2v) is 8.96. The number of aliphatic hydroxyl groups excluding tert-OH is 1. The van der Waals surface area contributed by atoms with Gasteiger partial charge in [0.25, 0.3) is 0 Å². The summed E-state index contributed by atoms with van der Waals surface area (Å²) in [6.45, 7) is 7.51. The highest BCUT2D eigenvalue weighted by atomic mass is 16.7. The zero-order valence-corrected chi connectivity index (χ0v) is 16.9. The first kappa shape index (κ1) is 19.5. The minimum absolute atomic E-state index is 0.0888. The second-order valence-electron chi connectivity index (χ2n) is 8.96. The standard InChI is InChI=1S/C22H32N2O4/c1-22(13-18-2-3-19-20(12-18)28-16-27-19)7-4-21(26)24(15-22)11-10-23-8-5-17(14-25)6-9-23/h2-3,12,17,25H,4-11,13-16H2,1H3. The molecular formula is C22H32N2O4. The van der Waals surface area contributed by atoms with Crippen LogP contribution in [-0.2, 0) is 11.2 Å². The number of fused-ring (bicyclic) bond motifs is 1. The summed E-state index contributed by atoms with van der Waals surface area (Å²) in [4.78, 5) is 17.0. The number of benzene rings is 1. The van der Waals surface area contributed by atoms with Gasteiger partial charge in [-0.3, -0.25) is 4.79 Å². The summed E-state index contributed by atoms with van der Waals surface area (Å²) in [5, 5.41) is 9.29. The van der Waals surface area contributed by atoms with Crippen LogP contribution in [0.4, 0.5) is 0 Å². The van der Waals surface area contributed by atoms with E-state index in [-0.39, 0.29) is 11.3 Å². The van der Waals surface area contributed by atoms with E-state index in [1.807, 2.05) is 6.07 Å². The van der Waals surface area contributed by atoms with Crippen LogP contribution in [0, 0.1) is 11.3 Å². The van der Waals surface area contributed by atoms with E-state index in [0.717, 1.165) is 69.9 Å². The van der Waals surface area contributed by atoms with Crippen LogP contribution in [0.3, 0.4) is 0 Å². The van der Waals surface area contributed by atoms with Gasteiger partial charge in [0.15, 0.2) is 11.5 Å². The predicted molar refractivity (Wildman–Crippen MR) is 106 cm³/mol. The van der Waals surface area contributed by atoms with Crippen molar-refractivity contribution in [3.05, 3.63) is 23.8 Å². The van der Waals surface area contributed by atoms with Crippen molar-refractivity contribution < 1.29 is 19.4 Å². The largest absolute Gasteiger partial charge is 0.454 e. The fourth-order valence-corrected chi connectivity index (χ4v) is 4.74. The molecule has 4 rings (SSSR count). The molecule has 154 valence electrons. The maximum Gasteiger partial charge on any atom is 0.231 e. The highest BCUT2D eigenvalue weighted by Gasteiger charge is 2.35. The molecular weight excluding hydrogens is 356 g/mol. The Bertz CT molecular complexity index is 702. The molecule has 3 aliphatic rings. The average molecular weight is 389 g/mol. The molecule has 0 radical (unpaired) electrons. The first-order chi connectivity index (χ1) is 13.5. The van der Waals surface area contributed by atoms with Gasteiger partial charge >= 0.3 is 0 Å². The minimum atomic E-state index is 0.0888. The molecule has 6 nitrogen and oxygen atoms in total. The van der Waals surface area contributed by atoms with Crippen molar-refractivity contribution in [1.29, 1.82) is 0 Å². The van der Waals surface area contributed by atoms with Gasteiger partial charge in [-0.2, -0.15) is 0 Å². The van der Waals surface area contributed by atoms with E-state index in [1.165, 1.54) is 5.56 Å². The summed E-state index contributed by atoms with van der Waals surface area (Å²) in [5.74, 6) is 2.39. The number of carbonyl (C=O) groups excluding carboxylic acids is 1. The van der Waals surface area contributed by atoms with Crippen LogP contribution in [0.5, 0.6) is 11.5 Å². The van der Waals surface area contributed by atoms with Gasteiger partial charge in [-0.15, -0.1) is 0 Å². The van der Waals surface area contributed by atoms with E-state index in [2.05, 4.69) is 28.9 Å². The van der Waals surface area contributed by atoms with Gasteiger partial charge in [0.1, 0.15) is 0 Å². The lowest BCUT2D eigenvalue weighted by molar-refractivity contribution is -0.137. The molecule has 0 aromatic heterocycles. The van der Waals surface area contributed by atoms with Gasteiger partial charge < -0.3 is 24.4 Å². The third-order valence-corrected chi connectivity index (χ3v) is 6.59. The molecule has 1 aromatic rings. The Balaban J connectivity index is 1.32. The van der Waals surface area contributed by atoms with Gasteiger partial charge in [0.05, 0.1) is 0 Å². The van der Waals surface area contributed by atoms with Crippen molar-refractivity contribution in [2.75, 3.05) is 46.1 Å². The van der Waals surface area contributed by atoms with Gasteiger partial charge in [-0.1, -0.05) is 13.0 Å². The molecule has 3 aliphatic heterocycles. The smallest absolute Gasteiger partial charge is 0.231 e. The Morgan fingerprint density at radius 1 is 1.18 bits per heavy atom. The quantitative estimate of drug-likeness (QED) is 0.810. The van der Waals surface area contributed by atoms with Crippen LogP contribution in [-0.4, -0.2) is 66.9 Å². The molecule has 1 aromatic carbocycles. The number of amides is 1. The SMILES string of the molecule is CC1(Cc2ccc3c(c2)OCO3)CCC(=O)N(CCN2CCC(CO)CC2)C1. The zero-order valence-electron chi connectivity index (χ0n) is 16.9. The van der Waals surface area contributed by atoms with Crippen molar-refractivity contribution >= 4 is 5.91 Å². The van der Waals surface area contributed by atoms with E-state index in [9.17, 15) is 9.90 Å². The van der Waals surface area contributed by atoms with Crippen molar-refractivity contribution in [2.45, 2.75) is 39.0 Å².